The van der Waals surface area contributed by atoms with Gasteiger partial charge in [0.05, 0.1) is 13.2 Å². The van der Waals surface area contributed by atoms with Crippen molar-refractivity contribution in [2.75, 3.05) is 26.3 Å². The molecular formula is C27H34N2O9. The normalized spacial score (nSPS) is 25.3. The van der Waals surface area contributed by atoms with Crippen LogP contribution < -0.4 is 10.6 Å². The van der Waals surface area contributed by atoms with Gasteiger partial charge in [-0.15, -0.1) is 0 Å². The second-order valence-corrected chi connectivity index (χ2v) is 9.69. The summed E-state index contributed by atoms with van der Waals surface area (Å²) in [4.78, 5) is 24.1. The molecule has 38 heavy (non-hydrogen) atoms. The number of ether oxygens (including phenoxy) is 2. The smallest absolute Gasteiger partial charge is 0.407 e. The Balaban J connectivity index is 1.20. The summed E-state index contributed by atoms with van der Waals surface area (Å²) in [6.07, 6.45) is -4.20. The highest BCUT2D eigenvalue weighted by molar-refractivity contribution is 5.81. The number of alkyl carbamates (subject to hydrolysis) is 1. The molecule has 2 aliphatic rings. The van der Waals surface area contributed by atoms with E-state index in [9.17, 15) is 35.1 Å². The van der Waals surface area contributed by atoms with Crippen molar-refractivity contribution in [1.82, 2.24) is 10.6 Å². The third kappa shape index (κ3) is 6.15. The zero-order chi connectivity index (χ0) is 27.3. The van der Waals surface area contributed by atoms with Crippen LogP contribution in [0, 0.1) is 0 Å². The lowest BCUT2D eigenvalue weighted by Gasteiger charge is -2.41. The van der Waals surface area contributed by atoms with Gasteiger partial charge in [-0.3, -0.25) is 0 Å². The maximum atomic E-state index is 12.5. The van der Waals surface area contributed by atoms with Crippen LogP contribution in [0.1, 0.15) is 36.3 Å². The van der Waals surface area contributed by atoms with Gasteiger partial charge in [0.2, 0.25) is 5.79 Å². The van der Waals surface area contributed by atoms with E-state index in [-0.39, 0.29) is 32.1 Å². The Morgan fingerprint density at radius 2 is 1.66 bits per heavy atom. The summed E-state index contributed by atoms with van der Waals surface area (Å²) in [5.41, 5.74) is 4.31. The molecule has 1 aliphatic carbocycles. The summed E-state index contributed by atoms with van der Waals surface area (Å²) >= 11 is 0. The number of fused-ring (bicyclic) bond motifs is 3. The van der Waals surface area contributed by atoms with Crippen LogP contribution >= 0.6 is 0 Å². The number of nitrogens with one attached hydrogen (secondary N) is 2. The van der Waals surface area contributed by atoms with Crippen molar-refractivity contribution in [2.24, 2.45) is 0 Å². The van der Waals surface area contributed by atoms with E-state index < -0.39 is 42.2 Å². The van der Waals surface area contributed by atoms with Crippen molar-refractivity contribution >= 4 is 12.1 Å². The number of hydrogen-bond acceptors (Lipinski definition) is 9. The minimum absolute atomic E-state index is 0.0820. The summed E-state index contributed by atoms with van der Waals surface area (Å²) in [6, 6.07) is 14.7. The number of carbonyl (C=O) groups is 2. The van der Waals surface area contributed by atoms with Crippen molar-refractivity contribution in [3.8, 4) is 11.1 Å². The van der Waals surface area contributed by atoms with Gasteiger partial charge in [-0.25, -0.2) is 9.59 Å². The van der Waals surface area contributed by atoms with Crippen molar-refractivity contribution < 1.29 is 44.6 Å². The zero-order valence-electron chi connectivity index (χ0n) is 20.8. The number of unbranched alkanes of at least 4 members (excludes halogenated alkanes) is 1. The number of aliphatic carboxylic acids is 1. The van der Waals surface area contributed by atoms with Gasteiger partial charge < -0.3 is 45.6 Å². The number of aliphatic hydroxyl groups excluding tert-OH is 3. The Bertz CT molecular complexity index is 1080. The molecule has 1 unspecified atom stereocenters. The number of rotatable bonds is 11. The third-order valence-corrected chi connectivity index (χ3v) is 7.09. The summed E-state index contributed by atoms with van der Waals surface area (Å²) in [6.45, 7) is -0.0798. The number of benzene rings is 2. The van der Waals surface area contributed by atoms with Gasteiger partial charge in [0.15, 0.2) is 0 Å². The van der Waals surface area contributed by atoms with E-state index in [1.54, 1.807) is 0 Å². The first-order chi connectivity index (χ1) is 18.2. The third-order valence-electron chi connectivity index (χ3n) is 7.09. The molecule has 0 spiro atoms. The quantitative estimate of drug-likeness (QED) is 0.203. The first kappa shape index (κ1) is 28.0. The highest BCUT2D eigenvalue weighted by atomic mass is 16.6. The number of amides is 1. The number of hydrogen-bond donors (Lipinski definition) is 7. The molecule has 0 bridgehead atoms. The van der Waals surface area contributed by atoms with Gasteiger partial charge in [0.25, 0.3) is 0 Å². The van der Waals surface area contributed by atoms with Crippen LogP contribution in [-0.2, 0) is 14.3 Å². The molecule has 206 valence electrons. The van der Waals surface area contributed by atoms with Crippen LogP contribution in [-0.4, -0.2) is 94.0 Å². The number of carboxylic acids is 1. The predicted molar refractivity (Wildman–Crippen MR) is 135 cm³/mol. The molecule has 1 amide bonds. The molecule has 5 atom stereocenters. The molecule has 0 aromatic heterocycles. The largest absolute Gasteiger partial charge is 0.480 e. The molecule has 1 aliphatic heterocycles. The summed E-state index contributed by atoms with van der Waals surface area (Å²) < 4.78 is 10.5. The van der Waals surface area contributed by atoms with Crippen LogP contribution in [0.2, 0.25) is 0 Å². The Morgan fingerprint density at radius 3 is 2.29 bits per heavy atom. The van der Waals surface area contributed by atoms with Crippen molar-refractivity contribution in [1.29, 1.82) is 0 Å². The van der Waals surface area contributed by atoms with Gasteiger partial charge >= 0.3 is 12.1 Å². The van der Waals surface area contributed by atoms with Crippen molar-refractivity contribution in [3.63, 3.8) is 0 Å². The fourth-order valence-electron chi connectivity index (χ4n) is 4.95. The average molecular weight is 531 g/mol. The Hall–Kier alpha value is -3.06. The lowest BCUT2D eigenvalue weighted by Crippen LogP contribution is -2.64. The zero-order valence-corrected chi connectivity index (χ0v) is 20.8. The monoisotopic (exact) mass is 530 g/mol. The molecular weight excluding hydrogens is 496 g/mol. The van der Waals surface area contributed by atoms with Gasteiger partial charge in [-0.05, 0) is 48.1 Å². The second-order valence-electron chi connectivity index (χ2n) is 9.69. The van der Waals surface area contributed by atoms with E-state index >= 15 is 0 Å². The molecule has 11 heteroatoms. The lowest BCUT2D eigenvalue weighted by molar-refractivity contribution is -0.317. The minimum atomic E-state index is -2.05. The topological polar surface area (TPSA) is 178 Å². The maximum absolute atomic E-state index is 12.5. The standard InChI is InChI=1S/C27H34N2O9/c30-22-14-38-27(36,24(32)23(22)31)15-28-12-6-5-11-21(25(33)34)29-26(35)37-13-20-18-9-3-1-7-16(18)17-8-2-4-10-19(17)20/h1-4,7-10,20-24,28,30-32,36H,5-6,11-15H2,(H,29,35)(H,33,34)/t21-,22?,23+,24+,27+/m0/s1. The molecule has 11 nitrogen and oxygen atoms in total. The van der Waals surface area contributed by atoms with Gasteiger partial charge in [0.1, 0.15) is 31.0 Å². The highest BCUT2D eigenvalue weighted by Crippen LogP contribution is 2.44. The van der Waals surface area contributed by atoms with Crippen LogP contribution in [0.15, 0.2) is 48.5 Å². The van der Waals surface area contributed by atoms with Crippen LogP contribution in [0.3, 0.4) is 0 Å². The number of carbonyl (C=O) groups excluding carboxylic acids is 1. The van der Waals surface area contributed by atoms with Crippen LogP contribution in [0.25, 0.3) is 11.1 Å². The fraction of sp³-hybridized carbons (Fsp3) is 0.481. The maximum Gasteiger partial charge on any atom is 0.407 e. The minimum Gasteiger partial charge on any atom is -0.480 e. The SMILES string of the molecule is O=C(N[C@@H](CCCCNC[C@@]1(O)OCC(O)[C@@H](O)[C@H]1O)C(=O)O)OCC1c2ccccc2-c2ccccc21. The van der Waals surface area contributed by atoms with Crippen LogP contribution in [0.5, 0.6) is 0 Å². The fourth-order valence-corrected chi connectivity index (χ4v) is 4.95. The molecule has 0 saturated carbocycles. The van der Waals surface area contributed by atoms with Gasteiger partial charge in [-0.1, -0.05) is 48.5 Å². The summed E-state index contributed by atoms with van der Waals surface area (Å²) in [5, 5.41) is 54.4. The average Bonchev–Trinajstić information content (AvgIpc) is 3.23. The van der Waals surface area contributed by atoms with Crippen molar-refractivity contribution in [3.05, 3.63) is 59.7 Å². The van der Waals surface area contributed by atoms with E-state index in [4.69, 9.17) is 9.47 Å². The Morgan fingerprint density at radius 1 is 1.03 bits per heavy atom. The first-order valence-corrected chi connectivity index (χ1v) is 12.7. The number of carboxylic acid groups (broad SMARTS) is 1. The molecule has 1 heterocycles. The predicted octanol–water partition coefficient (Wildman–Crippen LogP) is 0.540. The van der Waals surface area contributed by atoms with Crippen LogP contribution in [0.4, 0.5) is 4.79 Å². The van der Waals surface area contributed by atoms with E-state index in [1.807, 2.05) is 48.5 Å². The van der Waals surface area contributed by atoms with E-state index in [2.05, 4.69) is 10.6 Å². The molecule has 2 aromatic carbocycles. The van der Waals surface area contributed by atoms with E-state index in [1.165, 1.54) is 0 Å². The van der Waals surface area contributed by atoms with Crippen molar-refractivity contribution in [2.45, 2.75) is 55.3 Å². The molecule has 7 N–H and O–H groups in total. The molecule has 0 radical (unpaired) electrons. The first-order valence-electron chi connectivity index (χ1n) is 12.7. The Kier molecular flexibility index (Phi) is 8.98. The highest BCUT2D eigenvalue weighted by Gasteiger charge is 2.48. The second kappa shape index (κ2) is 12.2. The van der Waals surface area contributed by atoms with E-state index in [0.29, 0.717) is 19.4 Å². The lowest BCUT2D eigenvalue weighted by atomic mass is 9.97. The summed E-state index contributed by atoms with van der Waals surface area (Å²) in [7, 11) is 0. The van der Waals surface area contributed by atoms with Gasteiger partial charge in [0, 0.05) is 5.92 Å². The Labute approximate surface area is 220 Å². The molecule has 1 fully saturated rings. The van der Waals surface area contributed by atoms with Gasteiger partial charge in [-0.2, -0.15) is 0 Å². The molecule has 2 aromatic rings. The summed E-state index contributed by atoms with van der Waals surface area (Å²) in [5.74, 6) is -3.35. The molecule has 4 rings (SSSR count). The van der Waals surface area contributed by atoms with E-state index in [0.717, 1.165) is 22.3 Å². The molecule has 1 saturated heterocycles. The number of aliphatic hydroxyl groups is 4.